The molecule has 4 heteroatoms. The number of fused-ring (bicyclic) bond motifs is 1. The minimum Gasteiger partial charge on any atom is -0.454 e. The van der Waals surface area contributed by atoms with Crippen molar-refractivity contribution in [3.8, 4) is 11.5 Å². The van der Waals surface area contributed by atoms with Crippen molar-refractivity contribution >= 4 is 5.69 Å². The van der Waals surface area contributed by atoms with Crippen molar-refractivity contribution in [2.75, 3.05) is 18.7 Å². The molecule has 20 heavy (non-hydrogen) atoms. The summed E-state index contributed by atoms with van der Waals surface area (Å²) in [5, 5.41) is 3.46. The fourth-order valence-electron chi connectivity index (χ4n) is 3.66. The molecule has 2 aliphatic heterocycles. The van der Waals surface area contributed by atoms with Gasteiger partial charge in [0, 0.05) is 18.3 Å². The van der Waals surface area contributed by atoms with Crippen LogP contribution in [0, 0.1) is 0 Å². The highest BCUT2D eigenvalue weighted by Crippen LogP contribution is 2.43. The topological polar surface area (TPSA) is 39.7 Å². The smallest absolute Gasteiger partial charge is 0.231 e. The van der Waals surface area contributed by atoms with Gasteiger partial charge in [0.1, 0.15) is 0 Å². The standard InChI is InChI=1S/C16H21NO3/c1-2-7-16(6-1)8-5-13(20-16)10-17-12-3-4-14-15(9-12)19-11-18-14/h3-4,9,13,17H,1-2,5-8,10-11H2. The number of nitrogens with one attached hydrogen (secondary N) is 1. The summed E-state index contributed by atoms with van der Waals surface area (Å²) < 4.78 is 17.0. The molecule has 1 aromatic rings. The SMILES string of the molecule is c1cc2c(cc1NCC1CCC3(CCCC3)O1)OCO2. The van der Waals surface area contributed by atoms with E-state index in [9.17, 15) is 0 Å². The zero-order chi connectivity index (χ0) is 13.4. The third-order valence-electron chi connectivity index (χ3n) is 4.76. The van der Waals surface area contributed by atoms with Gasteiger partial charge in [0.2, 0.25) is 6.79 Å². The predicted octanol–water partition coefficient (Wildman–Crippen LogP) is 3.32. The summed E-state index contributed by atoms with van der Waals surface area (Å²) in [6.45, 7) is 1.20. The molecule has 3 aliphatic rings. The first-order chi connectivity index (χ1) is 9.83. The van der Waals surface area contributed by atoms with E-state index in [-0.39, 0.29) is 5.60 Å². The Balaban J connectivity index is 1.34. The summed E-state index contributed by atoms with van der Waals surface area (Å²) in [4.78, 5) is 0. The van der Waals surface area contributed by atoms with Crippen molar-refractivity contribution in [1.29, 1.82) is 0 Å². The zero-order valence-corrected chi connectivity index (χ0v) is 11.7. The maximum absolute atomic E-state index is 6.31. The lowest BCUT2D eigenvalue weighted by atomic mass is 9.98. The lowest BCUT2D eigenvalue weighted by Gasteiger charge is -2.24. The minimum absolute atomic E-state index is 0.223. The van der Waals surface area contributed by atoms with E-state index in [1.54, 1.807) is 0 Å². The van der Waals surface area contributed by atoms with Crippen molar-refractivity contribution in [2.45, 2.75) is 50.2 Å². The van der Waals surface area contributed by atoms with Gasteiger partial charge in [0.05, 0.1) is 11.7 Å². The molecule has 0 radical (unpaired) electrons. The van der Waals surface area contributed by atoms with E-state index < -0.39 is 0 Å². The van der Waals surface area contributed by atoms with Crippen LogP contribution in [0.2, 0.25) is 0 Å². The molecule has 1 aromatic carbocycles. The lowest BCUT2D eigenvalue weighted by Crippen LogP contribution is -2.27. The van der Waals surface area contributed by atoms with E-state index in [0.717, 1.165) is 23.7 Å². The van der Waals surface area contributed by atoms with Gasteiger partial charge in [-0.25, -0.2) is 0 Å². The summed E-state index contributed by atoms with van der Waals surface area (Å²) >= 11 is 0. The Bertz CT molecular complexity index is 496. The average molecular weight is 275 g/mol. The molecule has 4 nitrogen and oxygen atoms in total. The normalized spacial score (nSPS) is 26.3. The molecule has 1 spiro atoms. The van der Waals surface area contributed by atoms with Crippen LogP contribution in [-0.2, 0) is 4.74 Å². The highest BCUT2D eigenvalue weighted by Gasteiger charge is 2.41. The quantitative estimate of drug-likeness (QED) is 0.918. The second kappa shape index (κ2) is 4.85. The van der Waals surface area contributed by atoms with E-state index >= 15 is 0 Å². The lowest BCUT2D eigenvalue weighted by molar-refractivity contribution is -0.0307. The first-order valence-corrected chi connectivity index (χ1v) is 7.64. The van der Waals surface area contributed by atoms with Gasteiger partial charge in [-0.3, -0.25) is 0 Å². The Morgan fingerprint density at radius 1 is 1.10 bits per heavy atom. The molecular weight excluding hydrogens is 254 g/mol. The zero-order valence-electron chi connectivity index (χ0n) is 11.7. The fraction of sp³-hybridized carbons (Fsp3) is 0.625. The molecule has 0 aromatic heterocycles. The molecule has 4 rings (SSSR count). The van der Waals surface area contributed by atoms with Gasteiger partial charge in [0.15, 0.2) is 11.5 Å². The van der Waals surface area contributed by atoms with Crippen LogP contribution in [0.3, 0.4) is 0 Å². The summed E-state index contributed by atoms with van der Waals surface area (Å²) in [5.74, 6) is 1.66. The second-order valence-electron chi connectivity index (χ2n) is 6.12. The Labute approximate surface area is 119 Å². The molecule has 1 unspecified atom stereocenters. The van der Waals surface area contributed by atoms with E-state index in [2.05, 4.69) is 5.32 Å². The molecule has 2 heterocycles. The Hall–Kier alpha value is -1.42. The predicted molar refractivity (Wildman–Crippen MR) is 76.4 cm³/mol. The second-order valence-corrected chi connectivity index (χ2v) is 6.12. The Morgan fingerprint density at radius 3 is 2.85 bits per heavy atom. The van der Waals surface area contributed by atoms with Crippen LogP contribution in [0.4, 0.5) is 5.69 Å². The minimum atomic E-state index is 0.223. The van der Waals surface area contributed by atoms with E-state index in [1.807, 2.05) is 18.2 Å². The average Bonchev–Trinajstić information content (AvgIpc) is 3.19. The van der Waals surface area contributed by atoms with Gasteiger partial charge < -0.3 is 19.5 Å². The summed E-state index contributed by atoms with van der Waals surface area (Å²) in [6, 6.07) is 6.00. The first-order valence-electron chi connectivity index (χ1n) is 7.64. The van der Waals surface area contributed by atoms with Gasteiger partial charge in [-0.15, -0.1) is 0 Å². The molecule has 1 atom stereocenters. The maximum atomic E-state index is 6.31. The van der Waals surface area contributed by atoms with Gasteiger partial charge >= 0.3 is 0 Å². The van der Waals surface area contributed by atoms with Crippen LogP contribution in [0.5, 0.6) is 11.5 Å². The first kappa shape index (κ1) is 12.3. The molecule has 0 amide bonds. The van der Waals surface area contributed by atoms with Gasteiger partial charge in [-0.1, -0.05) is 12.8 Å². The summed E-state index contributed by atoms with van der Waals surface area (Å²) in [6.07, 6.45) is 7.95. The molecule has 0 bridgehead atoms. The molecule has 1 aliphatic carbocycles. The van der Waals surface area contributed by atoms with Crippen molar-refractivity contribution in [3.63, 3.8) is 0 Å². The van der Waals surface area contributed by atoms with Gasteiger partial charge in [-0.2, -0.15) is 0 Å². The van der Waals surface area contributed by atoms with E-state index in [1.165, 1.54) is 38.5 Å². The van der Waals surface area contributed by atoms with Crippen molar-refractivity contribution in [2.24, 2.45) is 0 Å². The third-order valence-corrected chi connectivity index (χ3v) is 4.76. The molecular formula is C16H21NO3. The number of ether oxygens (including phenoxy) is 3. The van der Waals surface area contributed by atoms with E-state index in [4.69, 9.17) is 14.2 Å². The third kappa shape index (κ3) is 2.22. The van der Waals surface area contributed by atoms with E-state index in [0.29, 0.717) is 12.9 Å². The largest absolute Gasteiger partial charge is 0.454 e. The highest BCUT2D eigenvalue weighted by molar-refractivity contribution is 5.55. The van der Waals surface area contributed by atoms with Crippen molar-refractivity contribution in [1.82, 2.24) is 0 Å². The molecule has 108 valence electrons. The monoisotopic (exact) mass is 275 g/mol. The summed E-state index contributed by atoms with van der Waals surface area (Å²) in [5.41, 5.74) is 1.30. The highest BCUT2D eigenvalue weighted by atomic mass is 16.7. The number of anilines is 1. The van der Waals surface area contributed by atoms with Crippen LogP contribution in [0.25, 0.3) is 0 Å². The number of hydrogen-bond acceptors (Lipinski definition) is 4. The number of hydrogen-bond donors (Lipinski definition) is 1. The number of rotatable bonds is 3. The molecule has 2 fully saturated rings. The maximum Gasteiger partial charge on any atom is 0.231 e. The van der Waals surface area contributed by atoms with Gasteiger partial charge in [-0.05, 0) is 37.8 Å². The molecule has 1 N–H and O–H groups in total. The molecule has 1 saturated carbocycles. The van der Waals surface area contributed by atoms with Crippen LogP contribution < -0.4 is 14.8 Å². The number of benzene rings is 1. The van der Waals surface area contributed by atoms with Gasteiger partial charge in [0.25, 0.3) is 0 Å². The Morgan fingerprint density at radius 2 is 1.95 bits per heavy atom. The van der Waals surface area contributed by atoms with Crippen LogP contribution >= 0.6 is 0 Å². The van der Waals surface area contributed by atoms with Crippen LogP contribution in [-0.4, -0.2) is 25.0 Å². The van der Waals surface area contributed by atoms with Crippen molar-refractivity contribution in [3.05, 3.63) is 18.2 Å². The van der Waals surface area contributed by atoms with Crippen LogP contribution in [0.15, 0.2) is 18.2 Å². The summed E-state index contributed by atoms with van der Waals surface area (Å²) in [7, 11) is 0. The van der Waals surface area contributed by atoms with Crippen LogP contribution in [0.1, 0.15) is 38.5 Å². The Kier molecular flexibility index (Phi) is 2.99. The fourth-order valence-corrected chi connectivity index (χ4v) is 3.66. The molecule has 1 saturated heterocycles. The van der Waals surface area contributed by atoms with Crippen molar-refractivity contribution < 1.29 is 14.2 Å².